The monoisotopic (exact) mass is 457 g/mol. The lowest BCUT2D eigenvalue weighted by Crippen LogP contribution is -2.43. The molecule has 0 bridgehead atoms. The van der Waals surface area contributed by atoms with Gasteiger partial charge in [-0.2, -0.15) is 0 Å². The molecule has 0 amide bonds. The number of nitrogens with one attached hydrogen (secondary N) is 1. The molecule has 0 spiro atoms. The Morgan fingerprint density at radius 3 is 2.26 bits per heavy atom. The van der Waals surface area contributed by atoms with Crippen molar-refractivity contribution < 1.29 is 0 Å². The van der Waals surface area contributed by atoms with E-state index in [1.807, 2.05) is 6.20 Å². The molecule has 3 aromatic rings. The highest BCUT2D eigenvalue weighted by molar-refractivity contribution is 5.85. The maximum atomic E-state index is 4.66. The first-order valence-corrected chi connectivity index (χ1v) is 10.7. The van der Waals surface area contributed by atoms with E-state index in [0.717, 1.165) is 25.3 Å². The minimum Gasteiger partial charge on any atom is -0.364 e. The highest BCUT2D eigenvalue weighted by Gasteiger charge is 2.21. The van der Waals surface area contributed by atoms with Crippen LogP contribution in [0.3, 0.4) is 0 Å². The number of piperidine rings is 1. The first kappa shape index (κ1) is 25.2. The summed E-state index contributed by atoms with van der Waals surface area (Å²) in [5.41, 5.74) is 8.81. The summed E-state index contributed by atoms with van der Waals surface area (Å²) in [6.07, 6.45) is 4.32. The average molecular weight is 458 g/mol. The Balaban J connectivity index is 0.00000171. The van der Waals surface area contributed by atoms with Crippen LogP contribution in [0.25, 0.3) is 11.3 Å². The zero-order chi connectivity index (χ0) is 20.2. The molecule has 5 heteroatoms. The van der Waals surface area contributed by atoms with Crippen molar-refractivity contribution in [1.82, 2.24) is 10.3 Å². The first-order chi connectivity index (χ1) is 14.1. The van der Waals surface area contributed by atoms with E-state index >= 15 is 0 Å². The number of hydrogen-bond acceptors (Lipinski definition) is 3. The Morgan fingerprint density at radius 1 is 0.871 bits per heavy atom. The van der Waals surface area contributed by atoms with Gasteiger partial charge in [0.2, 0.25) is 0 Å². The van der Waals surface area contributed by atoms with Gasteiger partial charge in [0.1, 0.15) is 0 Å². The Kier molecular flexibility index (Phi) is 9.36. The fraction of sp³-hybridized carbons (Fsp3) is 0.346. The highest BCUT2D eigenvalue weighted by Crippen LogP contribution is 2.26. The molecule has 1 fully saturated rings. The molecule has 0 aliphatic carbocycles. The molecule has 2 aromatic carbocycles. The zero-order valence-electron chi connectivity index (χ0n) is 18.6. The third-order valence-corrected chi connectivity index (χ3v) is 6.10. The number of benzene rings is 2. The van der Waals surface area contributed by atoms with E-state index in [4.69, 9.17) is 0 Å². The first-order valence-electron chi connectivity index (χ1n) is 10.7. The molecule has 1 N–H and O–H groups in total. The molecule has 166 valence electrons. The molecule has 0 unspecified atom stereocenters. The van der Waals surface area contributed by atoms with Crippen LogP contribution >= 0.6 is 24.8 Å². The van der Waals surface area contributed by atoms with Crippen molar-refractivity contribution in [1.29, 1.82) is 0 Å². The number of pyridine rings is 1. The molecule has 0 atom stereocenters. The van der Waals surface area contributed by atoms with Crippen molar-refractivity contribution >= 4 is 30.5 Å². The van der Waals surface area contributed by atoms with Gasteiger partial charge >= 0.3 is 0 Å². The van der Waals surface area contributed by atoms with Crippen LogP contribution in [-0.4, -0.2) is 24.1 Å². The van der Waals surface area contributed by atoms with Crippen LogP contribution in [0.4, 0.5) is 5.69 Å². The van der Waals surface area contributed by atoms with Gasteiger partial charge in [-0.15, -0.1) is 24.8 Å². The van der Waals surface area contributed by atoms with Crippen molar-refractivity contribution in [3.05, 3.63) is 83.0 Å². The number of anilines is 1. The standard InChI is InChI=1S/C26H31N3.2ClH/c1-19-4-8-24(9-5-19)29(25-11-13-27-14-12-25)18-22-10-15-28-26(17-22)23-7-6-20(2)21(3)16-23;;/h4-10,15-17,25,27H,11-14,18H2,1-3H3;2*1H. The van der Waals surface area contributed by atoms with Gasteiger partial charge in [0.25, 0.3) is 0 Å². The van der Waals surface area contributed by atoms with Crippen LogP contribution in [0.1, 0.15) is 35.1 Å². The van der Waals surface area contributed by atoms with Gasteiger partial charge in [-0.3, -0.25) is 4.98 Å². The lowest BCUT2D eigenvalue weighted by Gasteiger charge is -2.36. The Morgan fingerprint density at radius 2 is 1.58 bits per heavy atom. The molecular formula is C26H33Cl2N3. The second kappa shape index (κ2) is 11.5. The molecule has 1 aromatic heterocycles. The topological polar surface area (TPSA) is 28.2 Å². The van der Waals surface area contributed by atoms with Crippen LogP contribution in [0.15, 0.2) is 60.8 Å². The van der Waals surface area contributed by atoms with Crippen molar-refractivity contribution in [3.8, 4) is 11.3 Å². The summed E-state index contributed by atoms with van der Waals surface area (Å²) in [6, 6.07) is 20.6. The molecule has 2 heterocycles. The van der Waals surface area contributed by atoms with Gasteiger partial charge < -0.3 is 10.2 Å². The van der Waals surface area contributed by atoms with Crippen LogP contribution in [0.2, 0.25) is 0 Å². The Hall–Kier alpha value is -2.07. The second-order valence-electron chi connectivity index (χ2n) is 8.29. The SMILES string of the molecule is Cc1ccc(N(Cc2ccnc(-c3ccc(C)c(C)c3)c2)C2CCNCC2)cc1.Cl.Cl. The number of nitrogens with zero attached hydrogens (tertiary/aromatic N) is 2. The second-order valence-corrected chi connectivity index (χ2v) is 8.29. The molecule has 0 saturated carbocycles. The van der Waals surface area contributed by atoms with Crippen molar-refractivity contribution in [2.45, 2.75) is 46.2 Å². The number of hydrogen-bond donors (Lipinski definition) is 1. The zero-order valence-corrected chi connectivity index (χ0v) is 20.2. The highest BCUT2D eigenvalue weighted by atomic mass is 35.5. The van der Waals surface area contributed by atoms with Gasteiger partial charge in [-0.05, 0) is 93.7 Å². The largest absolute Gasteiger partial charge is 0.364 e. The fourth-order valence-electron chi connectivity index (χ4n) is 4.11. The van der Waals surface area contributed by atoms with Gasteiger partial charge in [-0.1, -0.05) is 29.8 Å². The summed E-state index contributed by atoms with van der Waals surface area (Å²) >= 11 is 0. The number of aromatic nitrogens is 1. The van der Waals surface area contributed by atoms with Crippen LogP contribution in [0, 0.1) is 20.8 Å². The molecule has 1 aliphatic rings. The molecule has 0 radical (unpaired) electrons. The molecule has 1 saturated heterocycles. The molecular weight excluding hydrogens is 425 g/mol. The number of halogens is 2. The van der Waals surface area contributed by atoms with E-state index in [9.17, 15) is 0 Å². The third-order valence-electron chi connectivity index (χ3n) is 6.10. The van der Waals surface area contributed by atoms with Crippen LogP contribution in [-0.2, 0) is 6.54 Å². The summed E-state index contributed by atoms with van der Waals surface area (Å²) in [7, 11) is 0. The van der Waals surface area contributed by atoms with E-state index in [1.165, 1.54) is 46.3 Å². The van der Waals surface area contributed by atoms with Crippen LogP contribution in [0.5, 0.6) is 0 Å². The predicted octanol–water partition coefficient (Wildman–Crippen LogP) is 6.28. The van der Waals surface area contributed by atoms with Gasteiger partial charge in [0.05, 0.1) is 5.69 Å². The summed E-state index contributed by atoms with van der Waals surface area (Å²) in [5, 5.41) is 3.50. The maximum absolute atomic E-state index is 4.66. The van der Waals surface area contributed by atoms with Crippen molar-refractivity contribution in [2.24, 2.45) is 0 Å². The Bertz CT molecular complexity index is 967. The minimum absolute atomic E-state index is 0. The van der Waals surface area contributed by atoms with Crippen molar-refractivity contribution in [3.63, 3.8) is 0 Å². The molecule has 3 nitrogen and oxygen atoms in total. The van der Waals surface area contributed by atoms with Gasteiger partial charge in [0, 0.05) is 30.0 Å². The number of rotatable bonds is 5. The summed E-state index contributed by atoms with van der Waals surface area (Å²) in [4.78, 5) is 7.24. The quantitative estimate of drug-likeness (QED) is 0.488. The fourth-order valence-corrected chi connectivity index (χ4v) is 4.11. The van der Waals surface area contributed by atoms with Gasteiger partial charge in [-0.25, -0.2) is 0 Å². The average Bonchev–Trinajstić information content (AvgIpc) is 2.75. The normalized spacial score (nSPS) is 13.8. The van der Waals surface area contributed by atoms with Crippen LogP contribution < -0.4 is 10.2 Å². The molecule has 1 aliphatic heterocycles. The maximum Gasteiger partial charge on any atom is 0.0705 e. The Labute approximate surface area is 199 Å². The lowest BCUT2D eigenvalue weighted by atomic mass is 10.0. The summed E-state index contributed by atoms with van der Waals surface area (Å²) in [6.45, 7) is 9.57. The van der Waals surface area contributed by atoms with Crippen molar-refractivity contribution in [2.75, 3.05) is 18.0 Å². The van der Waals surface area contributed by atoms with Gasteiger partial charge in [0.15, 0.2) is 0 Å². The van der Waals surface area contributed by atoms with E-state index in [0.29, 0.717) is 6.04 Å². The summed E-state index contributed by atoms with van der Waals surface area (Å²) < 4.78 is 0. The van der Waals surface area contributed by atoms with E-state index in [2.05, 4.69) is 90.6 Å². The lowest BCUT2D eigenvalue weighted by molar-refractivity contribution is 0.428. The van der Waals surface area contributed by atoms with E-state index in [-0.39, 0.29) is 24.8 Å². The summed E-state index contributed by atoms with van der Waals surface area (Å²) in [5.74, 6) is 0. The van der Waals surface area contributed by atoms with E-state index < -0.39 is 0 Å². The van der Waals surface area contributed by atoms with E-state index in [1.54, 1.807) is 0 Å². The predicted molar refractivity (Wildman–Crippen MR) is 137 cm³/mol. The number of aryl methyl sites for hydroxylation is 3. The minimum atomic E-state index is 0. The molecule has 31 heavy (non-hydrogen) atoms. The smallest absolute Gasteiger partial charge is 0.0705 e. The third kappa shape index (κ3) is 6.22. The molecule has 4 rings (SSSR count).